The summed E-state index contributed by atoms with van der Waals surface area (Å²) in [5.41, 5.74) is 1.06. The van der Waals surface area contributed by atoms with Crippen LogP contribution in [0.15, 0.2) is 6.58 Å². The van der Waals surface area contributed by atoms with Gasteiger partial charge in [0.2, 0.25) is 0 Å². The smallest absolute Gasteiger partial charge is 0.186 e. The molecule has 1 fully saturated rings. The number of likely N-dealkylation sites (N-methyl/N-ethyl adjacent to an activating group) is 1. The van der Waals surface area contributed by atoms with E-state index >= 15 is 0 Å². The van der Waals surface area contributed by atoms with Gasteiger partial charge < -0.3 is 15.0 Å². The zero-order chi connectivity index (χ0) is 13.1. The second kappa shape index (κ2) is 5.82. The van der Waals surface area contributed by atoms with Crippen LogP contribution in [-0.4, -0.2) is 44.4 Å². The molecule has 0 spiro atoms. The lowest BCUT2D eigenvalue weighted by Crippen LogP contribution is -2.52. The van der Waals surface area contributed by atoms with Gasteiger partial charge in [0.1, 0.15) is 0 Å². The normalized spacial score (nSPS) is 24.3. The number of methoxy groups -OCH3 is 1. The summed E-state index contributed by atoms with van der Waals surface area (Å²) in [4.78, 5) is 8.10. The van der Waals surface area contributed by atoms with E-state index in [1.54, 1.807) is 18.4 Å². The van der Waals surface area contributed by atoms with Crippen molar-refractivity contribution in [2.75, 3.05) is 32.1 Å². The van der Waals surface area contributed by atoms with Gasteiger partial charge in [0.15, 0.2) is 5.13 Å². The van der Waals surface area contributed by atoms with E-state index < -0.39 is 0 Å². The molecule has 4 nitrogen and oxygen atoms in total. The summed E-state index contributed by atoms with van der Waals surface area (Å²) in [6.45, 7) is 7.77. The van der Waals surface area contributed by atoms with E-state index in [1.807, 2.05) is 20.0 Å². The van der Waals surface area contributed by atoms with Gasteiger partial charge in [0, 0.05) is 26.2 Å². The van der Waals surface area contributed by atoms with Crippen molar-refractivity contribution in [3.05, 3.63) is 17.2 Å². The number of thiazole rings is 1. The molecule has 1 aliphatic rings. The lowest BCUT2D eigenvalue weighted by molar-refractivity contribution is 0.0628. The summed E-state index contributed by atoms with van der Waals surface area (Å²) in [6, 6.07) is 0.436. The molecule has 0 aliphatic carbocycles. The minimum absolute atomic E-state index is 0.222. The second-order valence-electron chi connectivity index (χ2n) is 4.55. The molecule has 1 saturated heterocycles. The Hall–Kier alpha value is -0.910. The van der Waals surface area contributed by atoms with Crippen molar-refractivity contribution < 1.29 is 4.74 Å². The number of aromatic nitrogens is 1. The first-order valence-electron chi connectivity index (χ1n) is 6.24. The quantitative estimate of drug-likeness (QED) is 0.904. The predicted molar refractivity (Wildman–Crippen MR) is 77.4 cm³/mol. The van der Waals surface area contributed by atoms with Crippen LogP contribution in [0.4, 0.5) is 5.13 Å². The van der Waals surface area contributed by atoms with E-state index in [4.69, 9.17) is 4.74 Å². The minimum Gasteiger partial charge on any atom is -0.378 e. The van der Waals surface area contributed by atoms with Crippen molar-refractivity contribution in [2.45, 2.75) is 25.5 Å². The molecule has 5 heteroatoms. The Morgan fingerprint density at radius 3 is 2.94 bits per heavy atom. The topological polar surface area (TPSA) is 37.4 Å². The molecule has 1 N–H and O–H groups in total. The van der Waals surface area contributed by atoms with Gasteiger partial charge >= 0.3 is 0 Å². The fraction of sp³-hybridized carbons (Fsp3) is 0.615. The van der Waals surface area contributed by atoms with Crippen LogP contribution >= 0.6 is 11.3 Å². The summed E-state index contributed by atoms with van der Waals surface area (Å²) in [7, 11) is 3.77. The van der Waals surface area contributed by atoms with Gasteiger partial charge in [0.05, 0.1) is 16.7 Å². The predicted octanol–water partition coefficient (Wildman–Crippen LogP) is 1.91. The zero-order valence-corrected chi connectivity index (χ0v) is 12.1. The van der Waals surface area contributed by atoms with Crippen molar-refractivity contribution in [1.29, 1.82) is 0 Å². The van der Waals surface area contributed by atoms with Gasteiger partial charge in [-0.3, -0.25) is 0 Å². The van der Waals surface area contributed by atoms with Crippen LogP contribution in [-0.2, 0) is 4.74 Å². The number of anilines is 1. The molecule has 100 valence electrons. The van der Waals surface area contributed by atoms with E-state index in [2.05, 4.69) is 21.8 Å². The molecule has 0 bridgehead atoms. The molecule has 0 unspecified atom stereocenters. The van der Waals surface area contributed by atoms with Gasteiger partial charge in [0.25, 0.3) is 0 Å². The fourth-order valence-electron chi connectivity index (χ4n) is 2.38. The van der Waals surface area contributed by atoms with Crippen molar-refractivity contribution >= 4 is 22.5 Å². The number of rotatable bonds is 4. The van der Waals surface area contributed by atoms with Crippen LogP contribution in [0.5, 0.6) is 0 Å². The summed E-state index contributed by atoms with van der Waals surface area (Å²) in [6.07, 6.45) is 3.18. The summed E-state index contributed by atoms with van der Waals surface area (Å²) in [5.74, 6) is 0. The molecule has 0 radical (unpaired) electrons. The fourth-order valence-corrected chi connectivity index (χ4v) is 3.33. The first-order chi connectivity index (χ1) is 8.69. The standard InChI is InChI=1S/C13H21N3OS/c1-5-12-9(2)15-13(18-12)16-7-6-10(14-3)11(8-16)17-4/h5,10-11,14H,1,6-8H2,2-4H3/t10-,11+/m1/s1. The SMILES string of the molecule is C=Cc1sc(N2CC[C@@H](NC)[C@@H](OC)C2)nc1C. The van der Waals surface area contributed by atoms with E-state index in [9.17, 15) is 0 Å². The van der Waals surface area contributed by atoms with Crippen molar-refractivity contribution in [3.63, 3.8) is 0 Å². The third kappa shape index (κ3) is 2.58. The van der Waals surface area contributed by atoms with Gasteiger partial charge in [-0.25, -0.2) is 4.98 Å². The number of hydrogen-bond acceptors (Lipinski definition) is 5. The van der Waals surface area contributed by atoms with Crippen LogP contribution in [0.2, 0.25) is 0 Å². The molecule has 0 aromatic carbocycles. The molecule has 0 saturated carbocycles. The molecule has 2 rings (SSSR count). The van der Waals surface area contributed by atoms with E-state index in [0.717, 1.165) is 35.2 Å². The van der Waals surface area contributed by atoms with Crippen molar-refractivity contribution in [2.24, 2.45) is 0 Å². The third-order valence-electron chi connectivity index (χ3n) is 3.51. The van der Waals surface area contributed by atoms with E-state index in [0.29, 0.717) is 6.04 Å². The maximum absolute atomic E-state index is 5.56. The first kappa shape index (κ1) is 13.5. The highest BCUT2D eigenvalue weighted by Crippen LogP contribution is 2.29. The van der Waals surface area contributed by atoms with Gasteiger partial charge in [-0.05, 0) is 20.4 Å². The van der Waals surface area contributed by atoms with Crippen LogP contribution in [0.25, 0.3) is 6.08 Å². The number of nitrogens with one attached hydrogen (secondary N) is 1. The zero-order valence-electron chi connectivity index (χ0n) is 11.3. The Balaban J connectivity index is 2.12. The Bertz CT molecular complexity index is 418. The Kier molecular flexibility index (Phi) is 4.37. The number of hydrogen-bond donors (Lipinski definition) is 1. The van der Waals surface area contributed by atoms with Gasteiger partial charge in [-0.2, -0.15) is 0 Å². The summed E-state index contributed by atoms with van der Waals surface area (Å²) < 4.78 is 5.56. The minimum atomic E-state index is 0.222. The van der Waals surface area contributed by atoms with Crippen LogP contribution in [0.1, 0.15) is 17.0 Å². The third-order valence-corrected chi connectivity index (χ3v) is 4.72. The average molecular weight is 267 g/mol. The maximum Gasteiger partial charge on any atom is 0.186 e. The molecular formula is C13H21N3OS. The average Bonchev–Trinajstić information content (AvgIpc) is 2.79. The van der Waals surface area contributed by atoms with Gasteiger partial charge in [-0.1, -0.05) is 24.0 Å². The number of piperidine rings is 1. The number of nitrogens with zero attached hydrogens (tertiary/aromatic N) is 2. The number of ether oxygens (including phenoxy) is 1. The molecule has 2 atom stereocenters. The van der Waals surface area contributed by atoms with Gasteiger partial charge in [-0.15, -0.1) is 0 Å². The molecule has 1 aliphatic heterocycles. The Labute approximate surface area is 113 Å². The second-order valence-corrected chi connectivity index (χ2v) is 5.56. The monoisotopic (exact) mass is 267 g/mol. The molecule has 1 aromatic rings. The van der Waals surface area contributed by atoms with Crippen LogP contribution < -0.4 is 10.2 Å². The largest absolute Gasteiger partial charge is 0.378 e. The Morgan fingerprint density at radius 2 is 2.39 bits per heavy atom. The van der Waals surface area contributed by atoms with Crippen LogP contribution in [0, 0.1) is 6.92 Å². The summed E-state index contributed by atoms with van der Waals surface area (Å²) >= 11 is 1.71. The van der Waals surface area contributed by atoms with Crippen LogP contribution in [0.3, 0.4) is 0 Å². The first-order valence-corrected chi connectivity index (χ1v) is 7.06. The highest BCUT2D eigenvalue weighted by Gasteiger charge is 2.29. The van der Waals surface area contributed by atoms with Crippen molar-refractivity contribution in [3.8, 4) is 0 Å². The maximum atomic E-state index is 5.56. The van der Waals surface area contributed by atoms with Crippen molar-refractivity contribution in [1.82, 2.24) is 10.3 Å². The molecule has 18 heavy (non-hydrogen) atoms. The molecular weight excluding hydrogens is 246 g/mol. The molecule has 0 amide bonds. The summed E-state index contributed by atoms with van der Waals surface area (Å²) in [5, 5.41) is 4.40. The highest BCUT2D eigenvalue weighted by atomic mass is 32.1. The lowest BCUT2D eigenvalue weighted by atomic mass is 10.0. The highest BCUT2D eigenvalue weighted by molar-refractivity contribution is 7.16. The molecule has 2 heterocycles. The molecule has 1 aromatic heterocycles. The number of aryl methyl sites for hydroxylation is 1. The lowest BCUT2D eigenvalue weighted by Gasteiger charge is -2.37. The van der Waals surface area contributed by atoms with E-state index in [-0.39, 0.29) is 6.10 Å². The Morgan fingerprint density at radius 1 is 1.61 bits per heavy atom. The van der Waals surface area contributed by atoms with E-state index in [1.165, 1.54) is 0 Å².